The number of methoxy groups -OCH3 is 1. The molecule has 5 heterocycles. The molecule has 1 aliphatic carbocycles. The van der Waals surface area contributed by atoms with Crippen LogP contribution in [0.4, 0.5) is 0 Å². The summed E-state index contributed by atoms with van der Waals surface area (Å²) in [5.74, 6) is 4.24. The summed E-state index contributed by atoms with van der Waals surface area (Å²) in [5.41, 5.74) is 0. The van der Waals surface area contributed by atoms with E-state index in [0.717, 1.165) is 32.1 Å². The molecular formula is C34H58N4O3. The Morgan fingerprint density at radius 2 is 1.39 bits per heavy atom. The van der Waals surface area contributed by atoms with E-state index in [0.29, 0.717) is 108 Å². The first-order chi connectivity index (χ1) is 19.7. The number of esters is 1. The number of fused-ring (bicyclic) bond motifs is 8. The van der Waals surface area contributed by atoms with E-state index in [4.69, 9.17) is 4.74 Å². The van der Waals surface area contributed by atoms with E-state index in [9.17, 15) is 9.90 Å². The van der Waals surface area contributed by atoms with E-state index in [-0.39, 0.29) is 12.1 Å². The zero-order valence-corrected chi connectivity index (χ0v) is 26.4. The van der Waals surface area contributed by atoms with Gasteiger partial charge >= 0.3 is 5.97 Å². The van der Waals surface area contributed by atoms with Gasteiger partial charge in [-0.3, -0.25) is 4.79 Å². The van der Waals surface area contributed by atoms with Crippen molar-refractivity contribution in [2.75, 3.05) is 7.11 Å². The van der Waals surface area contributed by atoms with E-state index in [1.807, 2.05) is 0 Å². The highest BCUT2D eigenvalue weighted by molar-refractivity contribution is 5.69. The van der Waals surface area contributed by atoms with Crippen LogP contribution in [0.15, 0.2) is 12.7 Å². The van der Waals surface area contributed by atoms with Crippen molar-refractivity contribution in [1.29, 1.82) is 0 Å². The normalized spacial score (nSPS) is 54.4. The van der Waals surface area contributed by atoms with Gasteiger partial charge in [0.05, 0.1) is 13.2 Å². The van der Waals surface area contributed by atoms with Crippen LogP contribution in [0.2, 0.25) is 0 Å². The third-order valence-electron chi connectivity index (χ3n) is 13.7. The van der Waals surface area contributed by atoms with E-state index >= 15 is 0 Å². The monoisotopic (exact) mass is 570 g/mol. The first-order valence-electron chi connectivity index (χ1n) is 17.1. The van der Waals surface area contributed by atoms with Crippen molar-refractivity contribution >= 4 is 5.97 Å². The zero-order valence-electron chi connectivity index (χ0n) is 26.4. The molecule has 0 amide bonds. The Labute approximate surface area is 248 Å². The van der Waals surface area contributed by atoms with Crippen LogP contribution < -0.4 is 21.3 Å². The molecule has 7 nitrogen and oxygen atoms in total. The predicted octanol–water partition coefficient (Wildman–Crippen LogP) is 3.47. The summed E-state index contributed by atoms with van der Waals surface area (Å²) in [4.78, 5) is 12.3. The minimum Gasteiger partial charge on any atom is -0.469 e. The van der Waals surface area contributed by atoms with Gasteiger partial charge in [-0.05, 0) is 79.4 Å². The highest BCUT2D eigenvalue weighted by Crippen LogP contribution is 2.50. The van der Waals surface area contributed by atoms with Crippen LogP contribution in [0, 0.1) is 53.3 Å². The molecule has 0 spiro atoms. The molecule has 1 saturated carbocycles. The van der Waals surface area contributed by atoms with Gasteiger partial charge in [-0.1, -0.05) is 47.1 Å². The summed E-state index contributed by atoms with van der Waals surface area (Å²) in [6, 6.07) is 3.38. The van der Waals surface area contributed by atoms with Gasteiger partial charge in [0, 0.05) is 60.7 Å². The molecule has 8 bridgehead atoms. The van der Waals surface area contributed by atoms with Crippen molar-refractivity contribution in [3.05, 3.63) is 12.7 Å². The largest absolute Gasteiger partial charge is 0.469 e. The fourth-order valence-corrected chi connectivity index (χ4v) is 11.3. The zero-order chi connectivity index (χ0) is 29.2. The molecule has 18 atom stereocenters. The van der Waals surface area contributed by atoms with Crippen LogP contribution in [0.25, 0.3) is 0 Å². The molecule has 6 rings (SSSR count). The highest BCUT2D eigenvalue weighted by atomic mass is 16.5. The first-order valence-corrected chi connectivity index (χ1v) is 17.1. The standard InChI is InChI=1S/C34H58N4O3/c1-8-20-16(3)24-13-26-18(5)22(10-11-31(40)41-7)33(37-26)23-12-30(39)32-19(6)27(38-34(23)32)15-29-21(9-2)17(4)25(36-29)14-28(20)35-24/h8,16-30,32-39H,1,9-15H2,2-7H3/t16?,17?,18-,19?,20?,21?,22-,23?,24?,25?,26?,27?,28?,29?,30?,32?,33?,34?/m0/s1. The predicted molar refractivity (Wildman–Crippen MR) is 163 cm³/mol. The van der Waals surface area contributed by atoms with Gasteiger partial charge in [0.15, 0.2) is 0 Å². The lowest BCUT2D eigenvalue weighted by Crippen LogP contribution is -2.48. The molecule has 5 aliphatic heterocycles. The second kappa shape index (κ2) is 11.8. The van der Waals surface area contributed by atoms with Gasteiger partial charge in [0.25, 0.3) is 0 Å². The van der Waals surface area contributed by atoms with Crippen molar-refractivity contribution < 1.29 is 14.6 Å². The fraction of sp³-hybridized carbons (Fsp3) is 0.912. The molecule has 6 aliphatic rings. The minimum absolute atomic E-state index is 0.111. The maximum absolute atomic E-state index is 12.3. The fourth-order valence-electron chi connectivity index (χ4n) is 11.3. The van der Waals surface area contributed by atoms with Crippen LogP contribution in [-0.4, -0.2) is 72.6 Å². The van der Waals surface area contributed by atoms with E-state index in [2.05, 4.69) is 68.5 Å². The van der Waals surface area contributed by atoms with E-state index in [1.165, 1.54) is 13.5 Å². The molecule has 0 radical (unpaired) electrons. The van der Waals surface area contributed by atoms with Crippen molar-refractivity contribution in [2.45, 2.75) is 134 Å². The number of hydrogen-bond acceptors (Lipinski definition) is 7. The molecule has 0 aromatic heterocycles. The average molecular weight is 571 g/mol. The van der Waals surface area contributed by atoms with Crippen LogP contribution in [0.1, 0.15) is 79.6 Å². The lowest BCUT2D eigenvalue weighted by Gasteiger charge is -2.32. The van der Waals surface area contributed by atoms with Crippen molar-refractivity contribution in [1.82, 2.24) is 21.3 Å². The molecule has 5 saturated heterocycles. The van der Waals surface area contributed by atoms with Crippen molar-refractivity contribution in [3.8, 4) is 0 Å². The number of aliphatic hydroxyl groups is 1. The second-order valence-electron chi connectivity index (χ2n) is 15.2. The summed E-state index contributed by atoms with van der Waals surface area (Å²) < 4.78 is 5.06. The number of carbonyl (C=O) groups is 1. The van der Waals surface area contributed by atoms with Crippen molar-refractivity contribution in [2.24, 2.45) is 53.3 Å². The number of nitrogens with one attached hydrogen (secondary N) is 4. The summed E-state index contributed by atoms with van der Waals surface area (Å²) in [7, 11) is 1.50. The number of hydrogen-bond donors (Lipinski definition) is 5. The molecule has 5 N–H and O–H groups in total. The van der Waals surface area contributed by atoms with Gasteiger partial charge in [-0.15, -0.1) is 6.58 Å². The van der Waals surface area contributed by atoms with Crippen LogP contribution in [0.5, 0.6) is 0 Å². The highest BCUT2D eigenvalue weighted by Gasteiger charge is 2.58. The van der Waals surface area contributed by atoms with Gasteiger partial charge < -0.3 is 31.1 Å². The SMILES string of the molecule is C=CC1C2CC3NC(CC4NC5C(CC(O)C5C4C)C4NC(CC(N2)C1C)[C@@H](C)[C@@H]4CCC(=O)OC)C(CC)C3C. The average Bonchev–Trinajstić information content (AvgIpc) is 3.70. The van der Waals surface area contributed by atoms with E-state index in [1.54, 1.807) is 0 Å². The lowest BCUT2D eigenvalue weighted by molar-refractivity contribution is -0.141. The Hall–Kier alpha value is -0.990. The van der Waals surface area contributed by atoms with Gasteiger partial charge in [0.2, 0.25) is 0 Å². The summed E-state index contributed by atoms with van der Waals surface area (Å²) in [6.07, 6.45) is 8.73. The molecule has 7 heteroatoms. The van der Waals surface area contributed by atoms with Crippen LogP contribution in [0.3, 0.4) is 0 Å². The third kappa shape index (κ3) is 5.13. The Kier molecular flexibility index (Phi) is 8.67. The Bertz CT molecular complexity index is 962. The summed E-state index contributed by atoms with van der Waals surface area (Å²) >= 11 is 0. The van der Waals surface area contributed by atoms with Crippen molar-refractivity contribution in [3.63, 3.8) is 0 Å². The molecule has 232 valence electrons. The number of rotatable bonds is 5. The van der Waals surface area contributed by atoms with Crippen LogP contribution in [-0.2, 0) is 9.53 Å². The Morgan fingerprint density at radius 1 is 0.805 bits per heavy atom. The molecular weight excluding hydrogens is 512 g/mol. The summed E-state index contributed by atoms with van der Waals surface area (Å²) in [6.45, 7) is 16.4. The van der Waals surface area contributed by atoms with Crippen LogP contribution >= 0.6 is 0 Å². The Balaban J connectivity index is 1.34. The first kappa shape index (κ1) is 30.1. The number of carbonyl (C=O) groups excluding carboxylic acids is 1. The van der Waals surface area contributed by atoms with Gasteiger partial charge in [-0.2, -0.15) is 0 Å². The maximum Gasteiger partial charge on any atom is 0.305 e. The number of aliphatic hydroxyl groups excluding tert-OH is 1. The molecule has 0 aromatic carbocycles. The Morgan fingerprint density at radius 3 is 2.10 bits per heavy atom. The third-order valence-corrected chi connectivity index (χ3v) is 13.7. The topological polar surface area (TPSA) is 94.6 Å². The smallest absolute Gasteiger partial charge is 0.305 e. The molecule has 6 fully saturated rings. The molecule has 16 unspecified atom stereocenters. The van der Waals surface area contributed by atoms with E-state index < -0.39 is 0 Å². The quantitative estimate of drug-likeness (QED) is 0.255. The molecule has 0 aromatic rings. The van der Waals surface area contributed by atoms with Gasteiger partial charge in [0.1, 0.15) is 0 Å². The van der Waals surface area contributed by atoms with Gasteiger partial charge in [-0.25, -0.2) is 0 Å². The molecule has 41 heavy (non-hydrogen) atoms. The summed E-state index contributed by atoms with van der Waals surface area (Å²) in [5, 5.41) is 28.1. The second-order valence-corrected chi connectivity index (χ2v) is 15.2. The minimum atomic E-state index is -0.260. The maximum atomic E-state index is 12.3. The number of ether oxygens (including phenoxy) is 1. The lowest BCUT2D eigenvalue weighted by atomic mass is 9.76.